The van der Waals surface area contributed by atoms with Crippen LogP contribution in [-0.2, 0) is 4.74 Å². The molecule has 114 valence electrons. The van der Waals surface area contributed by atoms with Crippen LogP contribution in [0.3, 0.4) is 0 Å². The summed E-state index contributed by atoms with van der Waals surface area (Å²) in [6, 6.07) is 15.4. The van der Waals surface area contributed by atoms with E-state index in [4.69, 9.17) is 13.9 Å². The number of aromatic nitrogens is 1. The van der Waals surface area contributed by atoms with Crippen LogP contribution in [0, 0.1) is 0 Å². The first-order valence-electron chi connectivity index (χ1n) is 7.10. The fourth-order valence-corrected chi connectivity index (χ4v) is 2.48. The van der Waals surface area contributed by atoms with Crippen molar-refractivity contribution in [2.45, 2.75) is 11.9 Å². The highest BCUT2D eigenvalue weighted by atomic mass is 79.9. The van der Waals surface area contributed by atoms with E-state index in [1.165, 1.54) is 0 Å². The van der Waals surface area contributed by atoms with E-state index in [1.807, 2.05) is 55.5 Å². The fraction of sp³-hybridized carbons (Fsp3) is 0.235. The lowest BCUT2D eigenvalue weighted by atomic mass is 10.2. The maximum atomic E-state index is 5.74. The molecule has 1 aromatic heterocycles. The largest absolute Gasteiger partial charge is 0.490 e. The molecular weight excluding hydrogens is 346 g/mol. The standard InChI is InChI=1S/C17H16BrNO3/c1-2-20-16(18)11-21-13-9-7-12(8-10-13)17-19-14-5-3-4-6-15(14)22-17/h3-10,16H,2,11H2,1H3. The van der Waals surface area contributed by atoms with Crippen LogP contribution >= 0.6 is 15.9 Å². The number of rotatable bonds is 6. The average molecular weight is 362 g/mol. The lowest BCUT2D eigenvalue weighted by Gasteiger charge is -2.11. The van der Waals surface area contributed by atoms with Crippen LogP contribution in [0.25, 0.3) is 22.6 Å². The van der Waals surface area contributed by atoms with Gasteiger partial charge in [-0.2, -0.15) is 0 Å². The van der Waals surface area contributed by atoms with Gasteiger partial charge in [-0.3, -0.25) is 0 Å². The number of benzene rings is 2. The zero-order chi connectivity index (χ0) is 15.4. The molecule has 0 fully saturated rings. The Morgan fingerprint density at radius 2 is 1.91 bits per heavy atom. The molecule has 0 amide bonds. The summed E-state index contributed by atoms with van der Waals surface area (Å²) >= 11 is 3.39. The number of halogens is 1. The van der Waals surface area contributed by atoms with E-state index >= 15 is 0 Å². The van der Waals surface area contributed by atoms with Crippen LogP contribution in [-0.4, -0.2) is 23.2 Å². The number of hydrogen-bond donors (Lipinski definition) is 0. The number of oxazole rings is 1. The molecule has 4 nitrogen and oxygen atoms in total. The van der Waals surface area contributed by atoms with Gasteiger partial charge in [0.25, 0.3) is 0 Å². The SMILES string of the molecule is CCOC(Br)COc1ccc(-c2nc3ccccc3o2)cc1. The van der Waals surface area contributed by atoms with Crippen molar-refractivity contribution >= 4 is 27.0 Å². The number of nitrogens with zero attached hydrogens (tertiary/aromatic N) is 1. The molecule has 2 aromatic carbocycles. The Bertz CT molecular complexity index is 706. The van der Waals surface area contributed by atoms with Gasteiger partial charge >= 0.3 is 0 Å². The molecule has 0 aliphatic rings. The van der Waals surface area contributed by atoms with Gasteiger partial charge in [0.1, 0.15) is 22.9 Å². The molecule has 22 heavy (non-hydrogen) atoms. The summed E-state index contributed by atoms with van der Waals surface area (Å²) in [5, 5.41) is -0.103. The normalized spacial score (nSPS) is 12.5. The molecule has 0 aliphatic carbocycles. The third-order valence-electron chi connectivity index (χ3n) is 3.12. The summed E-state index contributed by atoms with van der Waals surface area (Å²) in [6.07, 6.45) is 0. The van der Waals surface area contributed by atoms with Gasteiger partial charge in [0.2, 0.25) is 5.89 Å². The van der Waals surface area contributed by atoms with E-state index in [0.29, 0.717) is 19.1 Å². The van der Waals surface area contributed by atoms with Crippen molar-refractivity contribution in [2.24, 2.45) is 0 Å². The monoisotopic (exact) mass is 361 g/mol. The first kappa shape index (κ1) is 15.1. The first-order valence-corrected chi connectivity index (χ1v) is 8.02. The zero-order valence-corrected chi connectivity index (χ0v) is 13.7. The average Bonchev–Trinajstić information content (AvgIpc) is 2.98. The van der Waals surface area contributed by atoms with E-state index in [9.17, 15) is 0 Å². The molecule has 0 N–H and O–H groups in total. The molecule has 0 aliphatic heterocycles. The van der Waals surface area contributed by atoms with E-state index in [1.54, 1.807) is 0 Å². The predicted octanol–water partition coefficient (Wildman–Crippen LogP) is 4.63. The molecule has 0 bridgehead atoms. The van der Waals surface area contributed by atoms with Crippen molar-refractivity contribution in [1.82, 2.24) is 4.98 Å². The number of fused-ring (bicyclic) bond motifs is 1. The Balaban J connectivity index is 1.71. The summed E-state index contributed by atoms with van der Waals surface area (Å²) in [5.74, 6) is 1.39. The van der Waals surface area contributed by atoms with Crippen molar-refractivity contribution < 1.29 is 13.9 Å². The molecule has 0 radical (unpaired) electrons. The fourth-order valence-electron chi connectivity index (χ4n) is 2.08. The van der Waals surface area contributed by atoms with Gasteiger partial charge in [0.05, 0.1) is 0 Å². The molecular formula is C17H16BrNO3. The van der Waals surface area contributed by atoms with Gasteiger partial charge in [-0.25, -0.2) is 4.98 Å². The van der Waals surface area contributed by atoms with Gasteiger partial charge < -0.3 is 13.9 Å². The van der Waals surface area contributed by atoms with E-state index in [-0.39, 0.29) is 5.01 Å². The summed E-state index contributed by atoms with van der Waals surface area (Å²) in [6.45, 7) is 3.05. The van der Waals surface area contributed by atoms with Crippen LogP contribution in [0.5, 0.6) is 5.75 Å². The molecule has 0 saturated carbocycles. The van der Waals surface area contributed by atoms with E-state index in [2.05, 4.69) is 20.9 Å². The molecule has 3 rings (SSSR count). The second-order valence-electron chi connectivity index (χ2n) is 4.69. The number of para-hydroxylation sites is 2. The second-order valence-corrected chi connectivity index (χ2v) is 5.71. The molecule has 0 saturated heterocycles. The van der Waals surface area contributed by atoms with Gasteiger partial charge in [-0.1, -0.05) is 28.1 Å². The Morgan fingerprint density at radius 1 is 1.14 bits per heavy atom. The minimum Gasteiger partial charge on any atom is -0.490 e. The summed E-state index contributed by atoms with van der Waals surface area (Å²) < 4.78 is 16.7. The Morgan fingerprint density at radius 3 is 2.64 bits per heavy atom. The minimum atomic E-state index is -0.103. The highest BCUT2D eigenvalue weighted by Crippen LogP contribution is 2.25. The number of ether oxygens (including phenoxy) is 2. The van der Waals surface area contributed by atoms with Gasteiger partial charge in [0.15, 0.2) is 5.58 Å². The quantitative estimate of drug-likeness (QED) is 0.600. The molecule has 0 spiro atoms. The summed E-state index contributed by atoms with van der Waals surface area (Å²) in [5.41, 5.74) is 2.57. The maximum Gasteiger partial charge on any atom is 0.227 e. The number of hydrogen-bond acceptors (Lipinski definition) is 4. The van der Waals surface area contributed by atoms with Crippen LogP contribution in [0.4, 0.5) is 0 Å². The second kappa shape index (κ2) is 6.94. The topological polar surface area (TPSA) is 44.5 Å². The number of alkyl halides is 1. The molecule has 1 atom stereocenters. The maximum absolute atomic E-state index is 5.74. The lowest BCUT2D eigenvalue weighted by Crippen LogP contribution is -2.14. The van der Waals surface area contributed by atoms with Crippen molar-refractivity contribution in [1.29, 1.82) is 0 Å². The predicted molar refractivity (Wildman–Crippen MR) is 89.3 cm³/mol. The lowest BCUT2D eigenvalue weighted by molar-refractivity contribution is 0.0900. The third-order valence-corrected chi connectivity index (χ3v) is 3.65. The molecule has 1 heterocycles. The zero-order valence-electron chi connectivity index (χ0n) is 12.2. The Hall–Kier alpha value is -1.85. The van der Waals surface area contributed by atoms with E-state index in [0.717, 1.165) is 22.4 Å². The third kappa shape index (κ3) is 3.48. The Labute approximate surface area is 137 Å². The highest BCUT2D eigenvalue weighted by Gasteiger charge is 2.08. The van der Waals surface area contributed by atoms with Gasteiger partial charge in [-0.05, 0) is 43.3 Å². The molecule has 1 unspecified atom stereocenters. The molecule has 3 aromatic rings. The van der Waals surface area contributed by atoms with Crippen molar-refractivity contribution in [3.63, 3.8) is 0 Å². The van der Waals surface area contributed by atoms with E-state index < -0.39 is 0 Å². The Kier molecular flexibility index (Phi) is 4.75. The van der Waals surface area contributed by atoms with Crippen molar-refractivity contribution in [2.75, 3.05) is 13.2 Å². The van der Waals surface area contributed by atoms with Crippen LogP contribution in [0.15, 0.2) is 52.9 Å². The highest BCUT2D eigenvalue weighted by molar-refractivity contribution is 9.09. The summed E-state index contributed by atoms with van der Waals surface area (Å²) in [7, 11) is 0. The van der Waals surface area contributed by atoms with Crippen molar-refractivity contribution in [3.8, 4) is 17.2 Å². The van der Waals surface area contributed by atoms with Crippen LogP contribution in [0.2, 0.25) is 0 Å². The van der Waals surface area contributed by atoms with Gasteiger partial charge in [0, 0.05) is 12.2 Å². The van der Waals surface area contributed by atoms with Crippen molar-refractivity contribution in [3.05, 3.63) is 48.5 Å². The summed E-state index contributed by atoms with van der Waals surface area (Å²) in [4.78, 5) is 4.48. The smallest absolute Gasteiger partial charge is 0.227 e. The molecule has 5 heteroatoms. The van der Waals surface area contributed by atoms with Crippen LogP contribution < -0.4 is 4.74 Å². The van der Waals surface area contributed by atoms with Crippen LogP contribution in [0.1, 0.15) is 6.92 Å². The first-order chi connectivity index (χ1) is 10.8. The van der Waals surface area contributed by atoms with Gasteiger partial charge in [-0.15, -0.1) is 0 Å². The minimum absolute atomic E-state index is 0.103.